The summed E-state index contributed by atoms with van der Waals surface area (Å²) in [6.45, 7) is 9.46. The third-order valence-electron chi connectivity index (χ3n) is 7.41. The van der Waals surface area contributed by atoms with E-state index in [0.717, 1.165) is 53.7 Å². The van der Waals surface area contributed by atoms with Crippen LogP contribution in [0.5, 0.6) is 5.88 Å². The van der Waals surface area contributed by atoms with Crippen LogP contribution in [0.2, 0.25) is 10.0 Å². The van der Waals surface area contributed by atoms with Crippen LogP contribution in [0.4, 0.5) is 28.1 Å². The molecule has 0 atom stereocenters. The maximum atomic E-state index is 12.5. The first kappa shape index (κ1) is 30.0. The van der Waals surface area contributed by atoms with E-state index in [9.17, 15) is 4.79 Å². The lowest BCUT2D eigenvalue weighted by atomic mass is 9.97. The lowest BCUT2D eigenvalue weighted by molar-refractivity contribution is 0.0240. The fourth-order valence-electron chi connectivity index (χ4n) is 5.35. The van der Waals surface area contributed by atoms with E-state index in [1.54, 1.807) is 24.3 Å². The fourth-order valence-corrected chi connectivity index (χ4v) is 5.86. The topological polar surface area (TPSA) is 108 Å². The molecule has 1 aromatic carbocycles. The van der Waals surface area contributed by atoms with Gasteiger partial charge >= 0.3 is 6.09 Å². The standard InChI is InChI=1S/C31H34Cl2N8O3/c1-31(2,3)44-30(42)40-14-12-39(13-15-40)25-9-8-24(28(37-25)43-4)36-29-35-18-19-16-22(21-7-6-20(32)17-23(21)33)27-34-10-5-11-41(27)26(19)38-29/h6-9,16-18H,5,10-15H2,1-4H3,(H,35,36,38). The molecule has 5 heterocycles. The molecule has 0 radical (unpaired) electrons. The second-order valence-corrected chi connectivity index (χ2v) is 12.5. The van der Waals surface area contributed by atoms with Crippen molar-refractivity contribution in [2.45, 2.75) is 32.8 Å². The molecule has 1 saturated heterocycles. The number of aromatic nitrogens is 3. The Labute approximate surface area is 266 Å². The minimum atomic E-state index is -0.525. The van der Waals surface area contributed by atoms with Gasteiger partial charge in [-0.15, -0.1) is 0 Å². The molecule has 3 aliphatic heterocycles. The van der Waals surface area contributed by atoms with Crippen molar-refractivity contribution in [2.24, 2.45) is 4.99 Å². The van der Waals surface area contributed by atoms with Gasteiger partial charge < -0.3 is 29.5 Å². The van der Waals surface area contributed by atoms with Gasteiger partial charge in [0, 0.05) is 67.2 Å². The summed E-state index contributed by atoms with van der Waals surface area (Å²) in [6, 6.07) is 9.30. The Balaban J connectivity index is 1.21. The maximum absolute atomic E-state index is 12.5. The van der Waals surface area contributed by atoms with Crippen LogP contribution >= 0.6 is 23.2 Å². The quantitative estimate of drug-likeness (QED) is 0.353. The van der Waals surface area contributed by atoms with E-state index in [1.165, 1.54) is 0 Å². The summed E-state index contributed by atoms with van der Waals surface area (Å²) in [4.78, 5) is 37.5. The molecular weight excluding hydrogens is 603 g/mol. The zero-order valence-corrected chi connectivity index (χ0v) is 26.6. The number of pyridine rings is 1. The zero-order valence-electron chi connectivity index (χ0n) is 25.1. The highest BCUT2D eigenvalue weighted by Crippen LogP contribution is 2.38. The van der Waals surface area contributed by atoms with Crippen molar-refractivity contribution in [3.8, 4) is 5.88 Å². The van der Waals surface area contributed by atoms with Crippen LogP contribution in [-0.4, -0.2) is 83.8 Å². The number of methoxy groups -OCH3 is 1. The Kier molecular flexibility index (Phi) is 8.26. The van der Waals surface area contributed by atoms with Crippen molar-refractivity contribution in [1.29, 1.82) is 0 Å². The summed E-state index contributed by atoms with van der Waals surface area (Å²) in [5.41, 5.74) is 2.75. The number of carbonyl (C=O) groups excluding carboxylic acids is 1. The molecule has 1 N–H and O–H groups in total. The fraction of sp³-hybridized carbons (Fsp3) is 0.387. The van der Waals surface area contributed by atoms with E-state index in [-0.39, 0.29) is 6.09 Å². The SMILES string of the molecule is COc1nc(N2CCN(C(=O)OC(C)(C)C)CC2)ccc1Nc1ncc2c(n1)N1CCCN=C1C(c1ccc(Cl)cc1Cl)=C2. The number of nitrogens with one attached hydrogen (secondary N) is 1. The van der Waals surface area contributed by atoms with Gasteiger partial charge in [-0.05, 0) is 57.5 Å². The number of ether oxygens (including phenoxy) is 2. The smallest absolute Gasteiger partial charge is 0.410 e. The molecule has 0 spiro atoms. The molecule has 44 heavy (non-hydrogen) atoms. The normalized spacial score (nSPS) is 16.5. The third-order valence-corrected chi connectivity index (χ3v) is 7.96. The summed E-state index contributed by atoms with van der Waals surface area (Å²) < 4.78 is 11.2. The molecule has 1 fully saturated rings. The summed E-state index contributed by atoms with van der Waals surface area (Å²) in [5.74, 6) is 3.18. The summed E-state index contributed by atoms with van der Waals surface area (Å²) >= 11 is 12.7. The van der Waals surface area contributed by atoms with Crippen molar-refractivity contribution in [2.75, 3.05) is 61.5 Å². The zero-order chi connectivity index (χ0) is 31.0. The summed E-state index contributed by atoms with van der Waals surface area (Å²) in [7, 11) is 1.58. The van der Waals surface area contributed by atoms with Gasteiger partial charge in [0.05, 0.1) is 12.1 Å². The van der Waals surface area contributed by atoms with Gasteiger partial charge in [0.2, 0.25) is 11.8 Å². The number of amidine groups is 1. The van der Waals surface area contributed by atoms with Crippen molar-refractivity contribution in [3.05, 3.63) is 57.7 Å². The predicted molar refractivity (Wildman–Crippen MR) is 175 cm³/mol. The highest BCUT2D eigenvalue weighted by molar-refractivity contribution is 6.41. The Morgan fingerprint density at radius 1 is 1.02 bits per heavy atom. The maximum Gasteiger partial charge on any atom is 0.410 e. The van der Waals surface area contributed by atoms with Crippen LogP contribution in [0.1, 0.15) is 38.3 Å². The average molecular weight is 638 g/mol. The van der Waals surface area contributed by atoms with Crippen molar-refractivity contribution in [3.63, 3.8) is 0 Å². The second-order valence-electron chi connectivity index (χ2n) is 11.7. The van der Waals surface area contributed by atoms with Crippen LogP contribution in [0.3, 0.4) is 0 Å². The van der Waals surface area contributed by atoms with Crippen LogP contribution < -0.4 is 19.9 Å². The van der Waals surface area contributed by atoms with E-state index < -0.39 is 5.60 Å². The number of aliphatic imine (C=N–C) groups is 1. The van der Waals surface area contributed by atoms with E-state index in [4.69, 9.17) is 47.6 Å². The first-order valence-electron chi connectivity index (χ1n) is 14.5. The average Bonchev–Trinajstić information content (AvgIpc) is 3.00. The van der Waals surface area contributed by atoms with Crippen LogP contribution in [0, 0.1) is 0 Å². The molecule has 2 aromatic heterocycles. The molecule has 6 rings (SSSR count). The number of benzene rings is 1. The van der Waals surface area contributed by atoms with Crippen LogP contribution in [0.25, 0.3) is 11.6 Å². The molecule has 0 bridgehead atoms. The van der Waals surface area contributed by atoms with Gasteiger partial charge in [0.1, 0.15) is 28.8 Å². The van der Waals surface area contributed by atoms with Gasteiger partial charge in [-0.3, -0.25) is 4.99 Å². The number of halogens is 2. The number of fused-ring (bicyclic) bond motifs is 3. The number of hydrogen-bond donors (Lipinski definition) is 1. The van der Waals surface area contributed by atoms with Gasteiger partial charge in [-0.25, -0.2) is 9.78 Å². The number of carbonyl (C=O) groups is 1. The minimum Gasteiger partial charge on any atom is -0.479 e. The van der Waals surface area contributed by atoms with E-state index in [2.05, 4.69) is 20.1 Å². The Morgan fingerprint density at radius 3 is 2.55 bits per heavy atom. The minimum absolute atomic E-state index is 0.296. The van der Waals surface area contributed by atoms with Crippen molar-refractivity contribution in [1.82, 2.24) is 19.9 Å². The molecular formula is C31H34Cl2N8O3. The number of hydrogen-bond acceptors (Lipinski definition) is 10. The van der Waals surface area contributed by atoms with Gasteiger partial charge in [0.25, 0.3) is 0 Å². The molecule has 3 aliphatic rings. The van der Waals surface area contributed by atoms with Crippen molar-refractivity contribution < 1.29 is 14.3 Å². The first-order chi connectivity index (χ1) is 21.1. The molecule has 0 aliphatic carbocycles. The molecule has 13 heteroatoms. The van der Waals surface area contributed by atoms with Crippen molar-refractivity contribution >= 4 is 70.1 Å². The monoisotopic (exact) mass is 636 g/mol. The third kappa shape index (κ3) is 6.25. The number of rotatable bonds is 5. The highest BCUT2D eigenvalue weighted by Gasteiger charge is 2.31. The Hall–Kier alpha value is -4.09. The largest absolute Gasteiger partial charge is 0.479 e. The molecule has 0 saturated carbocycles. The lowest BCUT2D eigenvalue weighted by Crippen LogP contribution is -2.50. The van der Waals surface area contributed by atoms with E-state index >= 15 is 0 Å². The van der Waals surface area contributed by atoms with E-state index in [0.29, 0.717) is 53.7 Å². The summed E-state index contributed by atoms with van der Waals surface area (Å²) in [6.07, 6.45) is 4.42. The Bertz CT molecular complexity index is 1650. The van der Waals surface area contributed by atoms with E-state index in [1.807, 2.05) is 51.1 Å². The van der Waals surface area contributed by atoms with Gasteiger partial charge in [-0.1, -0.05) is 29.3 Å². The van der Waals surface area contributed by atoms with Gasteiger partial charge in [-0.2, -0.15) is 9.97 Å². The summed E-state index contributed by atoms with van der Waals surface area (Å²) in [5, 5.41) is 4.42. The Morgan fingerprint density at radius 2 is 1.82 bits per heavy atom. The van der Waals surface area contributed by atoms with Gasteiger partial charge in [0.15, 0.2) is 0 Å². The number of piperazine rings is 1. The highest BCUT2D eigenvalue weighted by atomic mass is 35.5. The second kappa shape index (κ2) is 12.1. The number of anilines is 4. The molecule has 230 valence electrons. The number of amides is 1. The number of nitrogens with zero attached hydrogens (tertiary/aromatic N) is 7. The first-order valence-corrected chi connectivity index (χ1v) is 15.3. The molecule has 1 amide bonds. The van der Waals surface area contributed by atoms with Crippen LogP contribution in [-0.2, 0) is 4.74 Å². The molecule has 11 nitrogen and oxygen atoms in total. The van der Waals surface area contributed by atoms with Crippen LogP contribution in [0.15, 0.2) is 41.5 Å². The lowest BCUT2D eigenvalue weighted by Gasteiger charge is -2.36. The molecule has 3 aromatic rings. The predicted octanol–water partition coefficient (Wildman–Crippen LogP) is 6.15. The molecule has 0 unspecified atom stereocenters.